The fourth-order valence-electron chi connectivity index (χ4n) is 1.62. The highest BCUT2D eigenvalue weighted by atomic mass is 16.4. The van der Waals surface area contributed by atoms with Crippen LogP contribution in [0.15, 0.2) is 27.2 Å². The van der Waals surface area contributed by atoms with Crippen molar-refractivity contribution in [2.24, 2.45) is 0 Å². The summed E-state index contributed by atoms with van der Waals surface area (Å²) < 4.78 is 11.2. The zero-order valence-electron chi connectivity index (χ0n) is 10.5. The van der Waals surface area contributed by atoms with Crippen LogP contribution in [0, 0.1) is 6.92 Å². The van der Waals surface area contributed by atoms with Crippen LogP contribution < -0.4 is 5.32 Å². The summed E-state index contributed by atoms with van der Waals surface area (Å²) in [6, 6.07) is 3.93. The van der Waals surface area contributed by atoms with Crippen molar-refractivity contribution in [3.63, 3.8) is 0 Å². The van der Waals surface area contributed by atoms with E-state index >= 15 is 0 Å². The topological polar surface area (TPSA) is 51.2 Å². The molecule has 0 aliphatic rings. The van der Waals surface area contributed by atoms with Crippen LogP contribution in [0.25, 0.3) is 11.5 Å². The molecule has 2 heterocycles. The molecule has 2 aromatic rings. The van der Waals surface area contributed by atoms with E-state index in [9.17, 15) is 0 Å². The molecule has 1 atom stereocenters. The van der Waals surface area contributed by atoms with Gasteiger partial charge in [0.15, 0.2) is 11.5 Å². The molecule has 17 heavy (non-hydrogen) atoms. The van der Waals surface area contributed by atoms with Gasteiger partial charge in [-0.3, -0.25) is 0 Å². The second-order valence-electron chi connectivity index (χ2n) is 4.15. The van der Waals surface area contributed by atoms with E-state index in [2.05, 4.69) is 17.2 Å². The molecule has 0 bridgehead atoms. The van der Waals surface area contributed by atoms with Crippen molar-refractivity contribution in [1.29, 1.82) is 0 Å². The molecule has 0 aromatic carbocycles. The highest BCUT2D eigenvalue weighted by molar-refractivity contribution is 5.48. The standard InChI is InChI=1S/C13H18N2O2/c1-4-7-14-10(3)13-15-8-12(17-13)11-6-5-9(2)16-11/h5-6,8,10,14H,4,7H2,1-3H3. The highest BCUT2D eigenvalue weighted by Gasteiger charge is 2.14. The van der Waals surface area contributed by atoms with Gasteiger partial charge in [0.25, 0.3) is 0 Å². The lowest BCUT2D eigenvalue weighted by atomic mass is 10.3. The van der Waals surface area contributed by atoms with Gasteiger partial charge in [-0.25, -0.2) is 4.98 Å². The Morgan fingerprint density at radius 1 is 1.29 bits per heavy atom. The number of oxazole rings is 1. The van der Waals surface area contributed by atoms with Crippen molar-refractivity contribution in [2.45, 2.75) is 33.2 Å². The van der Waals surface area contributed by atoms with Crippen molar-refractivity contribution >= 4 is 0 Å². The Balaban J connectivity index is 2.10. The van der Waals surface area contributed by atoms with E-state index in [0.29, 0.717) is 11.7 Å². The molecule has 0 spiro atoms. The fraction of sp³-hybridized carbons (Fsp3) is 0.462. The SMILES string of the molecule is CCCNC(C)c1ncc(-c2ccc(C)o2)o1. The molecule has 0 radical (unpaired) electrons. The Kier molecular flexibility index (Phi) is 3.64. The number of nitrogens with zero attached hydrogens (tertiary/aromatic N) is 1. The minimum absolute atomic E-state index is 0.125. The summed E-state index contributed by atoms with van der Waals surface area (Å²) in [5.74, 6) is 2.97. The molecule has 0 saturated carbocycles. The van der Waals surface area contributed by atoms with Gasteiger partial charge in [0, 0.05) is 0 Å². The molecule has 92 valence electrons. The van der Waals surface area contributed by atoms with Crippen LogP contribution in [0.4, 0.5) is 0 Å². The molecule has 2 rings (SSSR count). The summed E-state index contributed by atoms with van der Waals surface area (Å²) in [6.07, 6.45) is 2.80. The van der Waals surface area contributed by atoms with Crippen LogP contribution in [0.2, 0.25) is 0 Å². The van der Waals surface area contributed by atoms with E-state index in [0.717, 1.165) is 24.5 Å². The Hall–Kier alpha value is -1.55. The van der Waals surface area contributed by atoms with Gasteiger partial charge in [0.1, 0.15) is 5.76 Å². The number of hydrogen-bond donors (Lipinski definition) is 1. The Morgan fingerprint density at radius 3 is 2.76 bits per heavy atom. The molecule has 0 amide bonds. The van der Waals surface area contributed by atoms with Crippen molar-refractivity contribution in [3.05, 3.63) is 30.0 Å². The van der Waals surface area contributed by atoms with Crippen LogP contribution in [-0.2, 0) is 0 Å². The molecule has 4 heteroatoms. The highest BCUT2D eigenvalue weighted by Crippen LogP contribution is 2.24. The van der Waals surface area contributed by atoms with E-state index in [-0.39, 0.29) is 6.04 Å². The van der Waals surface area contributed by atoms with Crippen LogP contribution in [-0.4, -0.2) is 11.5 Å². The Morgan fingerprint density at radius 2 is 2.12 bits per heavy atom. The van der Waals surface area contributed by atoms with E-state index in [1.54, 1.807) is 6.20 Å². The third-order valence-electron chi connectivity index (χ3n) is 2.58. The largest absolute Gasteiger partial charge is 0.458 e. The first kappa shape index (κ1) is 11.9. The van der Waals surface area contributed by atoms with Gasteiger partial charge >= 0.3 is 0 Å². The maximum atomic E-state index is 5.67. The lowest BCUT2D eigenvalue weighted by molar-refractivity contribution is 0.414. The van der Waals surface area contributed by atoms with Gasteiger partial charge in [-0.2, -0.15) is 0 Å². The molecular weight excluding hydrogens is 216 g/mol. The zero-order valence-corrected chi connectivity index (χ0v) is 10.5. The average molecular weight is 234 g/mol. The van der Waals surface area contributed by atoms with Gasteiger partial charge in [0.2, 0.25) is 5.89 Å². The van der Waals surface area contributed by atoms with E-state index in [1.165, 1.54) is 0 Å². The predicted molar refractivity (Wildman–Crippen MR) is 65.7 cm³/mol. The predicted octanol–water partition coefficient (Wildman–Crippen LogP) is 3.30. The monoisotopic (exact) mass is 234 g/mol. The number of furan rings is 1. The summed E-state index contributed by atoms with van der Waals surface area (Å²) in [5, 5.41) is 3.33. The minimum Gasteiger partial charge on any atom is -0.458 e. The first-order valence-electron chi connectivity index (χ1n) is 5.96. The fourth-order valence-corrected chi connectivity index (χ4v) is 1.62. The van der Waals surface area contributed by atoms with Gasteiger partial charge < -0.3 is 14.2 Å². The molecule has 0 saturated heterocycles. The van der Waals surface area contributed by atoms with Crippen LogP contribution in [0.1, 0.15) is 38.0 Å². The molecule has 0 aliphatic heterocycles. The molecule has 1 N–H and O–H groups in total. The smallest absolute Gasteiger partial charge is 0.211 e. The number of nitrogens with one attached hydrogen (secondary N) is 1. The Labute approximate surface area is 101 Å². The summed E-state index contributed by atoms with van der Waals surface area (Å²) in [6.45, 7) is 7.04. The van der Waals surface area contributed by atoms with Gasteiger partial charge in [-0.1, -0.05) is 6.92 Å². The Bertz CT molecular complexity index is 473. The summed E-state index contributed by atoms with van der Waals surface area (Å²) in [4.78, 5) is 4.27. The summed E-state index contributed by atoms with van der Waals surface area (Å²) in [7, 11) is 0. The quantitative estimate of drug-likeness (QED) is 0.862. The van der Waals surface area contributed by atoms with E-state index < -0.39 is 0 Å². The minimum atomic E-state index is 0.125. The normalized spacial score (nSPS) is 12.9. The van der Waals surface area contributed by atoms with Crippen molar-refractivity contribution in [1.82, 2.24) is 10.3 Å². The number of aryl methyl sites for hydroxylation is 1. The third kappa shape index (κ3) is 2.77. The first-order valence-corrected chi connectivity index (χ1v) is 5.96. The van der Waals surface area contributed by atoms with Crippen LogP contribution >= 0.6 is 0 Å². The molecule has 0 aliphatic carbocycles. The molecule has 1 unspecified atom stereocenters. The second-order valence-corrected chi connectivity index (χ2v) is 4.15. The second kappa shape index (κ2) is 5.19. The van der Waals surface area contributed by atoms with Gasteiger partial charge in [-0.15, -0.1) is 0 Å². The molecular formula is C13H18N2O2. The van der Waals surface area contributed by atoms with E-state index in [4.69, 9.17) is 8.83 Å². The van der Waals surface area contributed by atoms with Crippen molar-refractivity contribution in [3.8, 4) is 11.5 Å². The molecule has 0 fully saturated rings. The summed E-state index contributed by atoms with van der Waals surface area (Å²) in [5.41, 5.74) is 0. The summed E-state index contributed by atoms with van der Waals surface area (Å²) >= 11 is 0. The van der Waals surface area contributed by atoms with Crippen LogP contribution in [0.3, 0.4) is 0 Å². The van der Waals surface area contributed by atoms with E-state index in [1.807, 2.05) is 26.0 Å². The maximum Gasteiger partial charge on any atom is 0.211 e. The lowest BCUT2D eigenvalue weighted by Crippen LogP contribution is -2.19. The molecule has 2 aromatic heterocycles. The average Bonchev–Trinajstić information content (AvgIpc) is 2.93. The van der Waals surface area contributed by atoms with Gasteiger partial charge in [-0.05, 0) is 38.9 Å². The zero-order chi connectivity index (χ0) is 12.3. The first-order chi connectivity index (χ1) is 8.20. The molecule has 4 nitrogen and oxygen atoms in total. The van der Waals surface area contributed by atoms with Crippen LogP contribution in [0.5, 0.6) is 0 Å². The van der Waals surface area contributed by atoms with Crippen molar-refractivity contribution in [2.75, 3.05) is 6.54 Å². The van der Waals surface area contributed by atoms with Gasteiger partial charge in [0.05, 0.1) is 12.2 Å². The third-order valence-corrected chi connectivity index (χ3v) is 2.58. The van der Waals surface area contributed by atoms with Crippen molar-refractivity contribution < 1.29 is 8.83 Å². The number of rotatable bonds is 5. The number of aromatic nitrogens is 1. The number of hydrogen-bond acceptors (Lipinski definition) is 4. The lowest BCUT2D eigenvalue weighted by Gasteiger charge is -2.08. The maximum absolute atomic E-state index is 5.67.